The number of amides is 2. The van der Waals surface area contributed by atoms with Gasteiger partial charge in [0.1, 0.15) is 11.6 Å². The van der Waals surface area contributed by atoms with Crippen molar-refractivity contribution in [1.82, 2.24) is 0 Å². The number of halogens is 1. The molecular weight excluding hydrogens is 449 g/mol. The quantitative estimate of drug-likeness (QED) is 0.510. The highest BCUT2D eigenvalue weighted by Crippen LogP contribution is 2.34. The molecule has 10 heteroatoms. The van der Waals surface area contributed by atoms with E-state index >= 15 is 0 Å². The highest BCUT2D eigenvalue weighted by atomic mass is 32.2. The van der Waals surface area contributed by atoms with Crippen molar-refractivity contribution in [2.24, 2.45) is 0 Å². The van der Waals surface area contributed by atoms with Crippen molar-refractivity contribution in [2.45, 2.75) is 17.2 Å². The van der Waals surface area contributed by atoms with Gasteiger partial charge in [0.2, 0.25) is 11.8 Å². The molecule has 0 bridgehead atoms. The average Bonchev–Trinajstić information content (AvgIpc) is 2.78. The predicted molar refractivity (Wildman–Crippen MR) is 121 cm³/mol. The number of para-hydroxylation sites is 2. The monoisotopic (exact) mass is 469 g/mol. The lowest BCUT2D eigenvalue weighted by Crippen LogP contribution is -2.31. The molecule has 0 fully saturated rings. The van der Waals surface area contributed by atoms with Crippen LogP contribution in [0.2, 0.25) is 0 Å². The molecule has 1 heterocycles. The van der Waals surface area contributed by atoms with Crippen LogP contribution in [-0.2, 0) is 19.6 Å². The molecule has 1 atom stereocenters. The van der Waals surface area contributed by atoms with E-state index < -0.39 is 33.6 Å². The first kappa shape index (κ1) is 22.3. The molecule has 0 saturated carbocycles. The van der Waals surface area contributed by atoms with Crippen molar-refractivity contribution in [3.05, 3.63) is 78.1 Å². The summed E-state index contributed by atoms with van der Waals surface area (Å²) in [5.74, 6) is -1.94. The van der Waals surface area contributed by atoms with Crippen molar-refractivity contribution in [3.8, 4) is 5.75 Å². The Hall–Kier alpha value is -3.92. The minimum atomic E-state index is -3.98. The van der Waals surface area contributed by atoms with Gasteiger partial charge in [0.25, 0.3) is 10.0 Å². The smallest absolute Gasteiger partial charge is 0.262 e. The van der Waals surface area contributed by atoms with Gasteiger partial charge in [-0.05, 0) is 48.0 Å². The standard InChI is InChI=1S/C23H20FN3O5S/c1-32-21-8-3-2-7-19(21)27-33(30,31)16-6-4-5-15(12-16)25-23(29)18-13-22(28)26-20-11-14(24)9-10-17(18)20/h2-12,18,27H,13H2,1H3,(H,25,29)(H,26,28)/t18-/m1/s1. The third-order valence-corrected chi connectivity index (χ3v) is 6.50. The molecule has 0 aliphatic carbocycles. The Morgan fingerprint density at radius 2 is 1.88 bits per heavy atom. The van der Waals surface area contributed by atoms with Gasteiger partial charge < -0.3 is 15.4 Å². The van der Waals surface area contributed by atoms with Crippen molar-refractivity contribution < 1.29 is 27.1 Å². The molecule has 0 radical (unpaired) electrons. The Morgan fingerprint density at radius 3 is 2.67 bits per heavy atom. The number of carbonyl (C=O) groups excluding carboxylic acids is 2. The zero-order chi connectivity index (χ0) is 23.6. The average molecular weight is 469 g/mol. The van der Waals surface area contributed by atoms with E-state index in [1.165, 1.54) is 43.5 Å². The van der Waals surface area contributed by atoms with Gasteiger partial charge in [0, 0.05) is 17.8 Å². The molecular formula is C23H20FN3O5S. The van der Waals surface area contributed by atoms with Crippen LogP contribution in [0.4, 0.5) is 21.5 Å². The molecule has 3 aromatic carbocycles. The van der Waals surface area contributed by atoms with Crippen LogP contribution in [0.3, 0.4) is 0 Å². The fraction of sp³-hybridized carbons (Fsp3) is 0.130. The van der Waals surface area contributed by atoms with E-state index in [4.69, 9.17) is 4.74 Å². The number of ether oxygens (including phenoxy) is 1. The van der Waals surface area contributed by atoms with Crippen LogP contribution >= 0.6 is 0 Å². The number of nitrogens with one attached hydrogen (secondary N) is 3. The summed E-state index contributed by atoms with van der Waals surface area (Å²) in [5, 5.41) is 5.21. The lowest BCUT2D eigenvalue weighted by molar-refractivity contribution is -0.123. The summed E-state index contributed by atoms with van der Waals surface area (Å²) in [7, 11) is -2.55. The summed E-state index contributed by atoms with van der Waals surface area (Å²) in [5.41, 5.74) is 1.22. The summed E-state index contributed by atoms with van der Waals surface area (Å²) in [6, 6.07) is 16.1. The fourth-order valence-electron chi connectivity index (χ4n) is 3.57. The van der Waals surface area contributed by atoms with Gasteiger partial charge >= 0.3 is 0 Å². The molecule has 2 amide bonds. The highest BCUT2D eigenvalue weighted by molar-refractivity contribution is 7.92. The minimum absolute atomic E-state index is 0.0740. The molecule has 0 saturated heterocycles. The van der Waals surface area contributed by atoms with Crippen molar-refractivity contribution >= 4 is 38.9 Å². The van der Waals surface area contributed by atoms with Crippen LogP contribution < -0.4 is 20.1 Å². The Morgan fingerprint density at radius 1 is 1.09 bits per heavy atom. The van der Waals surface area contributed by atoms with Gasteiger partial charge in [-0.15, -0.1) is 0 Å². The molecule has 1 aliphatic heterocycles. The SMILES string of the molecule is COc1ccccc1NS(=O)(=O)c1cccc(NC(=O)[C@@H]2CC(=O)Nc3cc(F)ccc32)c1. The fourth-order valence-corrected chi connectivity index (χ4v) is 4.69. The van der Waals surface area contributed by atoms with Gasteiger partial charge in [-0.2, -0.15) is 0 Å². The van der Waals surface area contributed by atoms with Crippen LogP contribution in [0, 0.1) is 5.82 Å². The van der Waals surface area contributed by atoms with Crippen molar-refractivity contribution in [1.29, 1.82) is 0 Å². The van der Waals surface area contributed by atoms with E-state index in [2.05, 4.69) is 15.4 Å². The zero-order valence-corrected chi connectivity index (χ0v) is 18.3. The van der Waals surface area contributed by atoms with Crippen LogP contribution in [0.5, 0.6) is 5.75 Å². The summed E-state index contributed by atoms with van der Waals surface area (Å²) < 4.78 is 46.9. The van der Waals surface area contributed by atoms with Crippen molar-refractivity contribution in [3.63, 3.8) is 0 Å². The number of carbonyl (C=O) groups is 2. The van der Waals surface area contributed by atoms with Crippen LogP contribution in [0.1, 0.15) is 17.9 Å². The van der Waals surface area contributed by atoms with Gasteiger partial charge in [-0.25, -0.2) is 12.8 Å². The van der Waals surface area contributed by atoms with E-state index in [1.54, 1.807) is 24.3 Å². The second kappa shape index (κ2) is 8.91. The summed E-state index contributed by atoms with van der Waals surface area (Å²) in [6.45, 7) is 0. The molecule has 3 aromatic rings. The molecule has 1 aliphatic rings. The summed E-state index contributed by atoms with van der Waals surface area (Å²) in [4.78, 5) is 24.9. The lowest BCUT2D eigenvalue weighted by Gasteiger charge is -2.25. The first-order valence-electron chi connectivity index (χ1n) is 9.93. The molecule has 0 aromatic heterocycles. The van der Waals surface area contributed by atoms with Crippen LogP contribution in [0.15, 0.2) is 71.6 Å². The Bertz CT molecular complexity index is 1340. The minimum Gasteiger partial charge on any atom is -0.495 e. The lowest BCUT2D eigenvalue weighted by atomic mass is 9.89. The van der Waals surface area contributed by atoms with E-state index in [1.807, 2.05) is 0 Å². The molecule has 3 N–H and O–H groups in total. The normalized spacial score (nSPS) is 15.2. The largest absolute Gasteiger partial charge is 0.495 e. The van der Waals surface area contributed by atoms with Crippen molar-refractivity contribution in [2.75, 3.05) is 22.5 Å². The number of fused-ring (bicyclic) bond motifs is 1. The maximum Gasteiger partial charge on any atom is 0.262 e. The zero-order valence-electron chi connectivity index (χ0n) is 17.5. The number of anilines is 3. The number of benzene rings is 3. The Balaban J connectivity index is 1.56. The van der Waals surface area contributed by atoms with Gasteiger partial charge in [-0.3, -0.25) is 14.3 Å². The highest BCUT2D eigenvalue weighted by Gasteiger charge is 2.31. The topological polar surface area (TPSA) is 114 Å². The van der Waals surface area contributed by atoms with Crippen LogP contribution in [-0.4, -0.2) is 27.3 Å². The third-order valence-electron chi connectivity index (χ3n) is 5.13. The van der Waals surface area contributed by atoms with E-state index in [9.17, 15) is 22.4 Å². The first-order valence-corrected chi connectivity index (χ1v) is 11.4. The predicted octanol–water partition coefficient (Wildman–Crippen LogP) is 3.70. The van der Waals surface area contributed by atoms with Crippen LogP contribution in [0.25, 0.3) is 0 Å². The number of methoxy groups -OCH3 is 1. The Kier molecular flexibility index (Phi) is 6.01. The molecule has 4 rings (SSSR count). The molecule has 0 spiro atoms. The second-order valence-corrected chi connectivity index (χ2v) is 9.04. The first-order chi connectivity index (χ1) is 15.8. The van der Waals surface area contributed by atoms with E-state index in [0.29, 0.717) is 11.3 Å². The maximum atomic E-state index is 13.5. The van der Waals surface area contributed by atoms with E-state index in [-0.39, 0.29) is 28.4 Å². The molecule has 33 heavy (non-hydrogen) atoms. The maximum absolute atomic E-state index is 13.5. The van der Waals surface area contributed by atoms with Gasteiger partial charge in [0.15, 0.2) is 0 Å². The number of rotatable bonds is 6. The third kappa shape index (κ3) is 4.80. The second-order valence-electron chi connectivity index (χ2n) is 7.36. The summed E-state index contributed by atoms with van der Waals surface area (Å²) >= 11 is 0. The van der Waals surface area contributed by atoms with E-state index in [0.717, 1.165) is 6.07 Å². The number of hydrogen-bond donors (Lipinski definition) is 3. The number of sulfonamides is 1. The molecule has 170 valence electrons. The van der Waals surface area contributed by atoms with Gasteiger partial charge in [-0.1, -0.05) is 24.3 Å². The van der Waals surface area contributed by atoms with Gasteiger partial charge in [0.05, 0.1) is 23.6 Å². The Labute approximate surface area is 189 Å². The molecule has 8 nitrogen and oxygen atoms in total. The summed E-state index contributed by atoms with van der Waals surface area (Å²) in [6.07, 6.45) is -0.113. The number of hydrogen-bond acceptors (Lipinski definition) is 5. The molecule has 0 unspecified atom stereocenters.